The standard InChI is InChI=1S/C8H6BrFN2/c1-12-7-4-5(9)2-3-6(7)8(10)11-12/h2-4H,1H3. The molecule has 12 heavy (non-hydrogen) atoms. The first-order valence-electron chi connectivity index (χ1n) is 3.46. The highest BCUT2D eigenvalue weighted by Gasteiger charge is 2.06. The zero-order valence-corrected chi connectivity index (χ0v) is 7.97. The van der Waals surface area contributed by atoms with E-state index in [1.807, 2.05) is 6.07 Å². The Balaban J connectivity index is 2.90. The minimum absolute atomic E-state index is 0.417. The Hall–Kier alpha value is -0.900. The second-order valence-corrected chi connectivity index (χ2v) is 3.49. The monoisotopic (exact) mass is 228 g/mol. The van der Waals surface area contributed by atoms with Crippen molar-refractivity contribution in [1.29, 1.82) is 0 Å². The van der Waals surface area contributed by atoms with Crippen LogP contribution in [-0.2, 0) is 7.05 Å². The molecule has 2 rings (SSSR count). The lowest BCUT2D eigenvalue weighted by atomic mass is 10.2. The van der Waals surface area contributed by atoms with Gasteiger partial charge in [0.2, 0.25) is 5.95 Å². The van der Waals surface area contributed by atoms with E-state index in [1.54, 1.807) is 19.2 Å². The van der Waals surface area contributed by atoms with Gasteiger partial charge in [-0.25, -0.2) is 0 Å². The highest BCUT2D eigenvalue weighted by atomic mass is 79.9. The molecule has 4 heteroatoms. The van der Waals surface area contributed by atoms with Gasteiger partial charge in [0.25, 0.3) is 0 Å². The normalized spacial score (nSPS) is 10.9. The average molecular weight is 229 g/mol. The van der Waals surface area contributed by atoms with Gasteiger partial charge < -0.3 is 0 Å². The third-order valence-corrected chi connectivity index (χ3v) is 2.26. The number of nitrogens with zero attached hydrogens (tertiary/aromatic N) is 2. The fourth-order valence-corrected chi connectivity index (χ4v) is 1.54. The molecule has 0 amide bonds. The Bertz CT molecular complexity index is 436. The molecule has 0 bridgehead atoms. The zero-order chi connectivity index (χ0) is 8.72. The van der Waals surface area contributed by atoms with Gasteiger partial charge in [0.15, 0.2) is 0 Å². The molecule has 2 aromatic rings. The summed E-state index contributed by atoms with van der Waals surface area (Å²) in [6.07, 6.45) is 0. The average Bonchev–Trinajstić information content (AvgIpc) is 2.28. The van der Waals surface area contributed by atoms with Crippen molar-refractivity contribution in [2.45, 2.75) is 0 Å². The Morgan fingerprint density at radius 1 is 1.50 bits per heavy atom. The molecule has 1 aromatic carbocycles. The van der Waals surface area contributed by atoms with E-state index in [0.717, 1.165) is 9.99 Å². The SMILES string of the molecule is Cn1nc(F)c2ccc(Br)cc21. The van der Waals surface area contributed by atoms with Gasteiger partial charge in [0, 0.05) is 11.5 Å². The number of benzene rings is 1. The zero-order valence-electron chi connectivity index (χ0n) is 6.38. The van der Waals surface area contributed by atoms with Crippen molar-refractivity contribution >= 4 is 26.8 Å². The molecule has 0 aliphatic heterocycles. The van der Waals surface area contributed by atoms with Gasteiger partial charge in [-0.05, 0) is 18.2 Å². The van der Waals surface area contributed by atoms with Gasteiger partial charge in [0.1, 0.15) is 0 Å². The molecule has 0 saturated carbocycles. The van der Waals surface area contributed by atoms with E-state index < -0.39 is 5.95 Å². The molecule has 0 unspecified atom stereocenters. The van der Waals surface area contributed by atoms with Crippen LogP contribution in [0.25, 0.3) is 10.9 Å². The molecular weight excluding hydrogens is 223 g/mol. The van der Waals surface area contributed by atoms with Crippen molar-refractivity contribution < 1.29 is 4.39 Å². The molecule has 1 heterocycles. The van der Waals surface area contributed by atoms with Crippen molar-refractivity contribution in [2.24, 2.45) is 7.05 Å². The van der Waals surface area contributed by atoms with Gasteiger partial charge in [-0.15, -0.1) is 5.10 Å². The summed E-state index contributed by atoms with van der Waals surface area (Å²) in [6, 6.07) is 5.35. The largest absolute Gasteiger partial charge is 0.265 e. The van der Waals surface area contributed by atoms with Gasteiger partial charge >= 0.3 is 0 Å². The summed E-state index contributed by atoms with van der Waals surface area (Å²) in [5, 5.41) is 4.22. The summed E-state index contributed by atoms with van der Waals surface area (Å²) < 4.78 is 15.4. The topological polar surface area (TPSA) is 17.8 Å². The summed E-state index contributed by atoms with van der Waals surface area (Å²) in [4.78, 5) is 0. The van der Waals surface area contributed by atoms with Crippen LogP contribution in [0.5, 0.6) is 0 Å². The van der Waals surface area contributed by atoms with E-state index in [2.05, 4.69) is 21.0 Å². The fraction of sp³-hybridized carbons (Fsp3) is 0.125. The maximum atomic E-state index is 13.0. The molecule has 0 atom stereocenters. The van der Waals surface area contributed by atoms with Crippen molar-refractivity contribution in [3.63, 3.8) is 0 Å². The van der Waals surface area contributed by atoms with Crippen LogP contribution in [0.2, 0.25) is 0 Å². The van der Waals surface area contributed by atoms with Crippen LogP contribution < -0.4 is 0 Å². The predicted molar refractivity (Wildman–Crippen MR) is 48.4 cm³/mol. The lowest BCUT2D eigenvalue weighted by Crippen LogP contribution is -1.89. The van der Waals surface area contributed by atoms with Crippen LogP contribution in [0.4, 0.5) is 4.39 Å². The van der Waals surface area contributed by atoms with Crippen LogP contribution >= 0.6 is 15.9 Å². The second kappa shape index (κ2) is 2.55. The molecular formula is C8H6BrFN2. The number of aryl methyl sites for hydroxylation is 1. The van der Waals surface area contributed by atoms with E-state index in [4.69, 9.17) is 0 Å². The first kappa shape index (κ1) is 7.73. The van der Waals surface area contributed by atoms with Crippen molar-refractivity contribution in [2.75, 3.05) is 0 Å². The second-order valence-electron chi connectivity index (χ2n) is 2.58. The minimum Gasteiger partial charge on any atom is -0.265 e. The van der Waals surface area contributed by atoms with Crippen molar-refractivity contribution in [3.8, 4) is 0 Å². The maximum Gasteiger partial charge on any atom is 0.240 e. The van der Waals surface area contributed by atoms with Crippen LogP contribution in [-0.4, -0.2) is 9.78 Å². The maximum absolute atomic E-state index is 13.0. The van der Waals surface area contributed by atoms with Crippen molar-refractivity contribution in [1.82, 2.24) is 9.78 Å². The summed E-state index contributed by atoms with van der Waals surface area (Å²) in [5.74, 6) is -0.417. The number of rotatable bonds is 0. The molecule has 0 N–H and O–H groups in total. The summed E-state index contributed by atoms with van der Waals surface area (Å²) in [7, 11) is 1.72. The highest BCUT2D eigenvalue weighted by Crippen LogP contribution is 2.20. The number of aromatic nitrogens is 2. The number of fused-ring (bicyclic) bond motifs is 1. The highest BCUT2D eigenvalue weighted by molar-refractivity contribution is 9.10. The Morgan fingerprint density at radius 2 is 2.25 bits per heavy atom. The quantitative estimate of drug-likeness (QED) is 0.678. The Kier molecular flexibility index (Phi) is 1.65. The summed E-state index contributed by atoms with van der Waals surface area (Å²) in [6.45, 7) is 0. The van der Waals surface area contributed by atoms with E-state index in [9.17, 15) is 4.39 Å². The summed E-state index contributed by atoms with van der Waals surface area (Å²) in [5.41, 5.74) is 0.793. The van der Waals surface area contributed by atoms with Crippen LogP contribution in [0.1, 0.15) is 0 Å². The molecule has 0 radical (unpaired) electrons. The molecule has 0 aliphatic carbocycles. The van der Waals surface area contributed by atoms with Crippen molar-refractivity contribution in [3.05, 3.63) is 28.6 Å². The number of hydrogen-bond acceptors (Lipinski definition) is 1. The van der Waals surface area contributed by atoms with Gasteiger partial charge in [-0.2, -0.15) is 4.39 Å². The molecule has 2 nitrogen and oxygen atoms in total. The van der Waals surface area contributed by atoms with E-state index in [1.165, 1.54) is 4.68 Å². The third kappa shape index (κ3) is 1.03. The van der Waals surface area contributed by atoms with Crippen LogP contribution in [0.15, 0.2) is 22.7 Å². The molecule has 0 saturated heterocycles. The predicted octanol–water partition coefficient (Wildman–Crippen LogP) is 2.47. The molecule has 0 aliphatic rings. The first-order valence-corrected chi connectivity index (χ1v) is 4.25. The van der Waals surface area contributed by atoms with Crippen LogP contribution in [0, 0.1) is 5.95 Å². The third-order valence-electron chi connectivity index (χ3n) is 1.77. The van der Waals surface area contributed by atoms with Gasteiger partial charge in [0.05, 0.1) is 10.9 Å². The fourth-order valence-electron chi connectivity index (χ4n) is 1.19. The smallest absolute Gasteiger partial charge is 0.240 e. The lowest BCUT2D eigenvalue weighted by molar-refractivity contribution is 0.562. The number of halogens is 2. The molecule has 0 spiro atoms. The lowest BCUT2D eigenvalue weighted by Gasteiger charge is -1.93. The molecule has 1 aromatic heterocycles. The van der Waals surface area contributed by atoms with Crippen LogP contribution in [0.3, 0.4) is 0 Å². The molecule has 0 fully saturated rings. The van der Waals surface area contributed by atoms with Gasteiger partial charge in [-0.1, -0.05) is 15.9 Å². The summed E-state index contributed by atoms with van der Waals surface area (Å²) >= 11 is 3.31. The van der Waals surface area contributed by atoms with E-state index in [-0.39, 0.29) is 0 Å². The Morgan fingerprint density at radius 3 is 3.00 bits per heavy atom. The number of hydrogen-bond donors (Lipinski definition) is 0. The van der Waals surface area contributed by atoms with E-state index in [0.29, 0.717) is 5.39 Å². The van der Waals surface area contributed by atoms with E-state index >= 15 is 0 Å². The van der Waals surface area contributed by atoms with Gasteiger partial charge in [-0.3, -0.25) is 4.68 Å². The molecule has 62 valence electrons. The Labute approximate surface area is 77.1 Å². The minimum atomic E-state index is -0.417. The first-order chi connectivity index (χ1) is 5.68.